The lowest BCUT2D eigenvalue weighted by Gasteiger charge is -2.60. The molecule has 5 aliphatic rings. The number of hydrogen-bond donors (Lipinski definition) is 2. The summed E-state index contributed by atoms with van der Waals surface area (Å²) in [6.07, 6.45) is 12.5. The lowest BCUT2D eigenvalue weighted by molar-refractivity contribution is -0.0874. The molecule has 0 aromatic carbocycles. The Hall–Kier alpha value is -0.380. The van der Waals surface area contributed by atoms with E-state index in [1.165, 1.54) is 44.1 Å². The van der Waals surface area contributed by atoms with Gasteiger partial charge < -0.3 is 14.9 Å². The molecule has 1 heterocycles. The maximum absolute atomic E-state index is 11.1. The average Bonchev–Trinajstić information content (AvgIpc) is 3.12. The number of epoxide rings is 1. The quantitative estimate of drug-likeness (QED) is 0.470. The van der Waals surface area contributed by atoms with Gasteiger partial charge in [-0.15, -0.1) is 0 Å². The molecule has 3 nitrogen and oxygen atoms in total. The topological polar surface area (TPSA) is 53.0 Å². The predicted octanol–water partition coefficient (Wildman–Crippen LogP) is 5.49. The van der Waals surface area contributed by atoms with Crippen molar-refractivity contribution in [3.8, 4) is 0 Å². The first-order valence-corrected chi connectivity index (χ1v) is 12.8. The summed E-state index contributed by atoms with van der Waals surface area (Å²) in [6, 6.07) is 0. The summed E-state index contributed by atoms with van der Waals surface area (Å²) in [4.78, 5) is 0. The minimum absolute atomic E-state index is 0.0987. The van der Waals surface area contributed by atoms with Crippen LogP contribution in [0.25, 0.3) is 0 Å². The van der Waals surface area contributed by atoms with Crippen molar-refractivity contribution in [2.45, 2.75) is 116 Å². The second-order valence-corrected chi connectivity index (χ2v) is 12.8. The van der Waals surface area contributed by atoms with Gasteiger partial charge in [0.1, 0.15) is 0 Å². The molecule has 1 aliphatic heterocycles. The van der Waals surface area contributed by atoms with Gasteiger partial charge in [-0.3, -0.25) is 0 Å². The Morgan fingerprint density at radius 2 is 1.77 bits per heavy atom. The Bertz CT molecular complexity index is 713. The van der Waals surface area contributed by atoms with Crippen LogP contribution in [0.2, 0.25) is 0 Å². The fourth-order valence-electron chi connectivity index (χ4n) is 9.09. The zero-order valence-electron chi connectivity index (χ0n) is 19.9. The first-order chi connectivity index (χ1) is 14.1. The zero-order valence-corrected chi connectivity index (χ0v) is 19.9. The van der Waals surface area contributed by atoms with E-state index >= 15 is 0 Å². The highest BCUT2D eigenvalue weighted by atomic mass is 16.6. The van der Waals surface area contributed by atoms with Crippen LogP contribution in [0.15, 0.2) is 11.6 Å². The van der Waals surface area contributed by atoms with Crippen molar-refractivity contribution in [2.75, 3.05) is 0 Å². The smallest absolute Gasteiger partial charge is 0.0892 e. The fraction of sp³-hybridized carbons (Fsp3) is 0.926. The van der Waals surface area contributed by atoms with Gasteiger partial charge in [0, 0.05) is 0 Å². The van der Waals surface area contributed by atoms with Crippen molar-refractivity contribution >= 4 is 0 Å². The first-order valence-electron chi connectivity index (χ1n) is 12.8. The van der Waals surface area contributed by atoms with Crippen molar-refractivity contribution in [2.24, 2.45) is 40.4 Å². The lowest BCUT2D eigenvalue weighted by Crippen LogP contribution is -2.54. The summed E-state index contributed by atoms with van der Waals surface area (Å²) in [5, 5.41) is 21.3. The van der Waals surface area contributed by atoms with Gasteiger partial charge in [0.2, 0.25) is 0 Å². The second-order valence-electron chi connectivity index (χ2n) is 12.8. The van der Waals surface area contributed by atoms with E-state index in [-0.39, 0.29) is 23.2 Å². The van der Waals surface area contributed by atoms with Crippen LogP contribution in [0.5, 0.6) is 0 Å². The van der Waals surface area contributed by atoms with Gasteiger partial charge in [-0.1, -0.05) is 26.8 Å². The lowest BCUT2D eigenvalue weighted by atomic mass is 9.46. The third kappa shape index (κ3) is 3.17. The SMILES string of the molecule is C[C@H](CCC1OC1(C)C)[C@H]1CC[C@H]2[C@@H]3C[C@@H](O)C4=C[C@@H](O)CC[C@]4(C)[C@H]3CC[C@]12C. The molecule has 30 heavy (non-hydrogen) atoms. The fourth-order valence-corrected chi connectivity index (χ4v) is 9.09. The van der Waals surface area contributed by atoms with Crippen molar-refractivity contribution in [3.63, 3.8) is 0 Å². The molecule has 4 fully saturated rings. The first kappa shape index (κ1) is 21.5. The molecule has 10 atom stereocenters. The molecule has 4 aliphatic carbocycles. The largest absolute Gasteiger partial charge is 0.389 e. The number of aliphatic hydroxyl groups is 2. The Labute approximate surface area is 183 Å². The van der Waals surface area contributed by atoms with Crippen molar-refractivity contribution in [1.29, 1.82) is 0 Å². The van der Waals surface area contributed by atoms with E-state index in [1.54, 1.807) is 0 Å². The van der Waals surface area contributed by atoms with Crippen LogP contribution in [0.4, 0.5) is 0 Å². The molecule has 1 unspecified atom stereocenters. The Balaban J connectivity index is 1.33. The van der Waals surface area contributed by atoms with Gasteiger partial charge in [0.25, 0.3) is 0 Å². The molecule has 0 amide bonds. The molecule has 0 aromatic rings. The van der Waals surface area contributed by atoms with E-state index in [0.717, 1.165) is 37.0 Å². The van der Waals surface area contributed by atoms with Crippen LogP contribution in [-0.2, 0) is 4.74 Å². The number of aliphatic hydroxyl groups excluding tert-OH is 2. The highest BCUT2D eigenvalue weighted by Crippen LogP contribution is 2.67. The van der Waals surface area contributed by atoms with E-state index < -0.39 is 0 Å². The Morgan fingerprint density at radius 1 is 1.03 bits per heavy atom. The van der Waals surface area contributed by atoms with E-state index in [0.29, 0.717) is 23.4 Å². The second kappa shape index (κ2) is 7.06. The van der Waals surface area contributed by atoms with E-state index in [4.69, 9.17) is 4.74 Å². The normalized spacial score (nSPS) is 52.6. The standard InChI is InChI=1S/C27H44O3/c1-16(6-9-24-25(2,3)30-24)19-7-8-20-18-15-23(29)22-14-17(28)10-12-27(22,5)21(18)11-13-26(19,20)4/h14,16-21,23-24,28-29H,6-13,15H2,1-5H3/t16-,17+,18+,19-,20+,21+,23-,24?,26-,27-/m1/s1. The maximum atomic E-state index is 11.1. The number of fused-ring (bicyclic) bond motifs is 5. The Morgan fingerprint density at radius 3 is 2.47 bits per heavy atom. The summed E-state index contributed by atoms with van der Waals surface area (Å²) >= 11 is 0. The number of ether oxygens (including phenoxy) is 1. The molecule has 3 heteroatoms. The highest BCUT2D eigenvalue weighted by Gasteiger charge is 2.61. The van der Waals surface area contributed by atoms with Crippen molar-refractivity contribution in [3.05, 3.63) is 11.6 Å². The minimum Gasteiger partial charge on any atom is -0.389 e. The molecular weight excluding hydrogens is 372 g/mol. The van der Waals surface area contributed by atoms with Crippen LogP contribution in [-0.4, -0.2) is 34.1 Å². The molecule has 2 N–H and O–H groups in total. The molecule has 3 saturated carbocycles. The molecule has 0 radical (unpaired) electrons. The third-order valence-electron chi connectivity index (χ3n) is 10.9. The number of hydrogen-bond acceptors (Lipinski definition) is 3. The van der Waals surface area contributed by atoms with Gasteiger partial charge in [0.05, 0.1) is 23.9 Å². The number of rotatable bonds is 4. The summed E-state index contributed by atoms with van der Waals surface area (Å²) < 4.78 is 5.85. The van der Waals surface area contributed by atoms with E-state index in [9.17, 15) is 10.2 Å². The molecule has 0 spiro atoms. The third-order valence-corrected chi connectivity index (χ3v) is 10.9. The summed E-state index contributed by atoms with van der Waals surface area (Å²) in [5.41, 5.74) is 1.82. The van der Waals surface area contributed by atoms with Gasteiger partial charge in [-0.05, 0) is 118 Å². The zero-order chi connectivity index (χ0) is 21.5. The van der Waals surface area contributed by atoms with Crippen LogP contribution in [0.3, 0.4) is 0 Å². The van der Waals surface area contributed by atoms with Crippen molar-refractivity contribution in [1.82, 2.24) is 0 Å². The van der Waals surface area contributed by atoms with Crippen LogP contribution in [0.1, 0.15) is 92.4 Å². The minimum atomic E-state index is -0.356. The van der Waals surface area contributed by atoms with E-state index in [2.05, 4.69) is 34.6 Å². The van der Waals surface area contributed by atoms with Crippen molar-refractivity contribution < 1.29 is 14.9 Å². The predicted molar refractivity (Wildman–Crippen MR) is 120 cm³/mol. The van der Waals surface area contributed by atoms with Crippen LogP contribution >= 0.6 is 0 Å². The molecule has 1 saturated heterocycles. The summed E-state index contributed by atoms with van der Waals surface area (Å²) in [5.74, 6) is 3.69. The molecule has 170 valence electrons. The maximum Gasteiger partial charge on any atom is 0.0892 e. The van der Waals surface area contributed by atoms with Gasteiger partial charge in [0.15, 0.2) is 0 Å². The van der Waals surface area contributed by atoms with E-state index in [1.807, 2.05) is 6.08 Å². The van der Waals surface area contributed by atoms with Gasteiger partial charge in [-0.25, -0.2) is 0 Å². The molecular formula is C27H44O3. The van der Waals surface area contributed by atoms with Gasteiger partial charge in [-0.2, -0.15) is 0 Å². The highest BCUT2D eigenvalue weighted by molar-refractivity contribution is 5.29. The van der Waals surface area contributed by atoms with Crippen LogP contribution in [0, 0.1) is 40.4 Å². The average molecular weight is 417 g/mol. The summed E-state index contributed by atoms with van der Waals surface area (Å²) in [6.45, 7) is 11.9. The monoisotopic (exact) mass is 416 g/mol. The molecule has 5 rings (SSSR count). The Kier molecular flexibility index (Phi) is 5.05. The summed E-state index contributed by atoms with van der Waals surface area (Å²) in [7, 11) is 0. The van der Waals surface area contributed by atoms with Crippen LogP contribution < -0.4 is 0 Å². The van der Waals surface area contributed by atoms with Gasteiger partial charge >= 0.3 is 0 Å². The molecule has 0 bridgehead atoms. The molecule has 0 aromatic heterocycles.